The van der Waals surface area contributed by atoms with Crippen LogP contribution in [0.2, 0.25) is 0 Å². The van der Waals surface area contributed by atoms with Gasteiger partial charge in [-0.3, -0.25) is 4.79 Å². The van der Waals surface area contributed by atoms with Crippen molar-refractivity contribution >= 4 is 11.7 Å². The Labute approximate surface area is 101 Å². The SMILES string of the molecule is CC(C)(C)CC(=O)N1CCOC(C(N)=NO)C1. The molecule has 0 aromatic heterocycles. The van der Waals surface area contributed by atoms with Crippen molar-refractivity contribution in [1.82, 2.24) is 4.90 Å². The second-order valence-electron chi connectivity index (χ2n) is 5.46. The van der Waals surface area contributed by atoms with E-state index in [2.05, 4.69) is 5.16 Å². The second kappa shape index (κ2) is 5.35. The second-order valence-corrected chi connectivity index (χ2v) is 5.46. The minimum Gasteiger partial charge on any atom is -0.409 e. The third-order valence-electron chi connectivity index (χ3n) is 2.55. The highest BCUT2D eigenvalue weighted by molar-refractivity contribution is 5.85. The van der Waals surface area contributed by atoms with Crippen LogP contribution in [-0.4, -0.2) is 47.7 Å². The van der Waals surface area contributed by atoms with Gasteiger partial charge < -0.3 is 20.6 Å². The summed E-state index contributed by atoms with van der Waals surface area (Å²) in [5.41, 5.74) is 5.43. The van der Waals surface area contributed by atoms with Gasteiger partial charge in [-0.15, -0.1) is 0 Å². The molecule has 3 N–H and O–H groups in total. The van der Waals surface area contributed by atoms with E-state index < -0.39 is 6.10 Å². The van der Waals surface area contributed by atoms with Crippen molar-refractivity contribution in [2.75, 3.05) is 19.7 Å². The van der Waals surface area contributed by atoms with Crippen molar-refractivity contribution in [2.45, 2.75) is 33.3 Å². The summed E-state index contributed by atoms with van der Waals surface area (Å²) in [7, 11) is 0. The number of nitrogens with zero attached hydrogens (tertiary/aromatic N) is 2. The number of oxime groups is 1. The Morgan fingerprint density at radius 1 is 1.59 bits per heavy atom. The van der Waals surface area contributed by atoms with Gasteiger partial charge in [0.05, 0.1) is 13.2 Å². The van der Waals surface area contributed by atoms with Crippen LogP contribution >= 0.6 is 0 Å². The van der Waals surface area contributed by atoms with Gasteiger partial charge in [0.1, 0.15) is 6.10 Å². The van der Waals surface area contributed by atoms with E-state index in [0.29, 0.717) is 26.1 Å². The fraction of sp³-hybridized carbons (Fsp3) is 0.818. The largest absolute Gasteiger partial charge is 0.409 e. The Morgan fingerprint density at radius 2 is 2.24 bits per heavy atom. The standard InChI is InChI=1S/C11H21N3O3/c1-11(2,3)6-9(15)14-4-5-17-8(7-14)10(12)13-16/h8,16H,4-7H2,1-3H3,(H2,12,13). The zero-order valence-corrected chi connectivity index (χ0v) is 10.6. The Hall–Kier alpha value is -1.30. The Kier molecular flexibility index (Phi) is 4.34. The van der Waals surface area contributed by atoms with E-state index in [-0.39, 0.29) is 17.2 Å². The normalized spacial score (nSPS) is 22.6. The zero-order valence-electron chi connectivity index (χ0n) is 10.6. The van der Waals surface area contributed by atoms with Crippen LogP contribution in [0.5, 0.6) is 0 Å². The first-order valence-electron chi connectivity index (χ1n) is 5.70. The maximum atomic E-state index is 12.0. The lowest BCUT2D eigenvalue weighted by molar-refractivity contribution is -0.138. The maximum Gasteiger partial charge on any atom is 0.223 e. The van der Waals surface area contributed by atoms with Crippen molar-refractivity contribution in [3.8, 4) is 0 Å². The summed E-state index contributed by atoms with van der Waals surface area (Å²) in [6.45, 7) is 7.39. The van der Waals surface area contributed by atoms with E-state index in [1.165, 1.54) is 0 Å². The summed E-state index contributed by atoms with van der Waals surface area (Å²) in [5, 5.41) is 11.5. The zero-order chi connectivity index (χ0) is 13.1. The number of hydrogen-bond acceptors (Lipinski definition) is 4. The number of morpholine rings is 1. The molecule has 1 saturated heterocycles. The van der Waals surface area contributed by atoms with Gasteiger partial charge in [-0.25, -0.2) is 0 Å². The van der Waals surface area contributed by atoms with E-state index in [9.17, 15) is 4.79 Å². The van der Waals surface area contributed by atoms with Crippen molar-refractivity contribution < 1.29 is 14.7 Å². The van der Waals surface area contributed by atoms with Crippen LogP contribution in [0.1, 0.15) is 27.2 Å². The third kappa shape index (κ3) is 4.22. The molecule has 0 aliphatic carbocycles. The number of hydrogen-bond donors (Lipinski definition) is 2. The van der Waals surface area contributed by atoms with E-state index >= 15 is 0 Å². The van der Waals surface area contributed by atoms with E-state index in [4.69, 9.17) is 15.7 Å². The van der Waals surface area contributed by atoms with Crippen LogP contribution in [-0.2, 0) is 9.53 Å². The summed E-state index contributed by atoms with van der Waals surface area (Å²) in [5.74, 6) is 0.0924. The number of rotatable bonds is 2. The van der Waals surface area contributed by atoms with E-state index in [1.807, 2.05) is 20.8 Å². The Balaban J connectivity index is 2.58. The number of carbonyl (C=O) groups is 1. The van der Waals surface area contributed by atoms with Crippen molar-refractivity contribution in [3.63, 3.8) is 0 Å². The lowest BCUT2D eigenvalue weighted by atomic mass is 9.91. The predicted molar refractivity (Wildman–Crippen MR) is 63.8 cm³/mol. The molecule has 1 amide bonds. The summed E-state index contributed by atoms with van der Waals surface area (Å²) in [6.07, 6.45) is -0.0201. The summed E-state index contributed by atoms with van der Waals surface area (Å²) in [6, 6.07) is 0. The van der Waals surface area contributed by atoms with Gasteiger partial charge in [0, 0.05) is 13.0 Å². The average molecular weight is 243 g/mol. The fourth-order valence-corrected chi connectivity index (χ4v) is 1.68. The highest BCUT2D eigenvalue weighted by atomic mass is 16.5. The molecular weight excluding hydrogens is 222 g/mol. The van der Waals surface area contributed by atoms with Crippen LogP contribution in [0, 0.1) is 5.41 Å². The molecule has 0 aromatic rings. The molecular formula is C11H21N3O3. The molecule has 1 atom stereocenters. The van der Waals surface area contributed by atoms with Crippen LogP contribution in [0.25, 0.3) is 0 Å². The molecule has 0 spiro atoms. The van der Waals surface area contributed by atoms with Crippen molar-refractivity contribution in [2.24, 2.45) is 16.3 Å². The molecule has 6 heteroatoms. The predicted octanol–water partition coefficient (Wildman–Crippen LogP) is 0.396. The summed E-state index contributed by atoms with van der Waals surface area (Å²) < 4.78 is 5.33. The van der Waals surface area contributed by atoms with Crippen LogP contribution < -0.4 is 5.73 Å². The third-order valence-corrected chi connectivity index (χ3v) is 2.55. The molecule has 1 aliphatic rings. The maximum absolute atomic E-state index is 12.0. The fourth-order valence-electron chi connectivity index (χ4n) is 1.68. The minimum atomic E-state index is -0.502. The number of nitrogens with two attached hydrogens (primary N) is 1. The number of carbonyl (C=O) groups excluding carboxylic acids is 1. The van der Waals surface area contributed by atoms with Gasteiger partial charge in [-0.2, -0.15) is 0 Å². The molecule has 1 heterocycles. The molecule has 0 aromatic carbocycles. The first-order chi connectivity index (χ1) is 7.83. The van der Waals surface area contributed by atoms with Crippen molar-refractivity contribution in [3.05, 3.63) is 0 Å². The molecule has 0 radical (unpaired) electrons. The molecule has 0 bridgehead atoms. The monoisotopic (exact) mass is 243 g/mol. The molecule has 1 rings (SSSR count). The lowest BCUT2D eigenvalue weighted by Crippen LogP contribution is -2.51. The highest BCUT2D eigenvalue weighted by Gasteiger charge is 2.28. The van der Waals surface area contributed by atoms with Crippen LogP contribution in [0.3, 0.4) is 0 Å². The average Bonchev–Trinajstić information content (AvgIpc) is 2.26. The first kappa shape index (κ1) is 13.8. The molecule has 6 nitrogen and oxygen atoms in total. The van der Waals surface area contributed by atoms with Gasteiger partial charge in [0.25, 0.3) is 0 Å². The van der Waals surface area contributed by atoms with Crippen LogP contribution in [0.15, 0.2) is 5.16 Å². The van der Waals surface area contributed by atoms with Gasteiger partial charge in [-0.05, 0) is 5.41 Å². The number of amides is 1. The summed E-state index contributed by atoms with van der Waals surface area (Å²) in [4.78, 5) is 13.7. The highest BCUT2D eigenvalue weighted by Crippen LogP contribution is 2.20. The summed E-state index contributed by atoms with van der Waals surface area (Å²) >= 11 is 0. The minimum absolute atomic E-state index is 0.0123. The number of amidine groups is 1. The van der Waals surface area contributed by atoms with E-state index in [0.717, 1.165) is 0 Å². The first-order valence-corrected chi connectivity index (χ1v) is 5.70. The smallest absolute Gasteiger partial charge is 0.223 e. The van der Waals surface area contributed by atoms with Gasteiger partial charge >= 0.3 is 0 Å². The molecule has 17 heavy (non-hydrogen) atoms. The van der Waals surface area contributed by atoms with Gasteiger partial charge in [0.15, 0.2) is 5.84 Å². The van der Waals surface area contributed by atoms with Crippen molar-refractivity contribution in [1.29, 1.82) is 0 Å². The van der Waals surface area contributed by atoms with Crippen LogP contribution in [0.4, 0.5) is 0 Å². The Morgan fingerprint density at radius 3 is 2.76 bits per heavy atom. The van der Waals surface area contributed by atoms with Gasteiger partial charge in [0.2, 0.25) is 5.91 Å². The van der Waals surface area contributed by atoms with Gasteiger partial charge in [-0.1, -0.05) is 25.9 Å². The molecule has 98 valence electrons. The van der Waals surface area contributed by atoms with E-state index in [1.54, 1.807) is 4.90 Å². The number of ether oxygens (including phenoxy) is 1. The molecule has 1 fully saturated rings. The molecule has 1 aliphatic heterocycles. The quantitative estimate of drug-likeness (QED) is 0.318. The Bertz CT molecular complexity index is 310. The molecule has 0 saturated carbocycles. The molecule has 1 unspecified atom stereocenters. The topological polar surface area (TPSA) is 88.2 Å². The lowest BCUT2D eigenvalue weighted by Gasteiger charge is -2.33.